The highest BCUT2D eigenvalue weighted by atomic mass is 19.1. The lowest BCUT2D eigenvalue weighted by atomic mass is 10.0. The van der Waals surface area contributed by atoms with Crippen LogP contribution in [0.4, 0.5) is 4.39 Å². The van der Waals surface area contributed by atoms with Crippen molar-refractivity contribution in [3.05, 3.63) is 64.7 Å². The predicted molar refractivity (Wildman–Crippen MR) is 103 cm³/mol. The number of hydrogen-bond donors (Lipinski definition) is 2. The Morgan fingerprint density at radius 3 is 2.43 bits per heavy atom. The van der Waals surface area contributed by atoms with Crippen LogP contribution >= 0.6 is 0 Å². The molecule has 1 heterocycles. The molecule has 3 N–H and O–H groups in total. The van der Waals surface area contributed by atoms with E-state index in [-0.39, 0.29) is 17.4 Å². The second kappa shape index (κ2) is 7.70. The molecule has 0 aliphatic heterocycles. The lowest BCUT2D eigenvalue weighted by molar-refractivity contribution is -0.120. The molecular weight excluding hydrogens is 357 g/mol. The summed E-state index contributed by atoms with van der Waals surface area (Å²) in [6.45, 7) is 0. The summed E-state index contributed by atoms with van der Waals surface area (Å²) in [5.74, 6) is -0.223. The molecule has 2 aliphatic carbocycles. The molecule has 4 rings (SSSR count). The molecule has 0 saturated heterocycles. The normalized spacial score (nSPS) is 17.2. The van der Waals surface area contributed by atoms with Crippen molar-refractivity contribution in [1.29, 1.82) is 0 Å². The van der Waals surface area contributed by atoms with Crippen molar-refractivity contribution < 1.29 is 14.0 Å². The van der Waals surface area contributed by atoms with Gasteiger partial charge in [-0.1, -0.05) is 31.0 Å². The number of primary amides is 1. The highest BCUT2D eigenvalue weighted by molar-refractivity contribution is 5.95. The summed E-state index contributed by atoms with van der Waals surface area (Å²) >= 11 is 0. The monoisotopic (exact) mass is 381 g/mol. The molecule has 2 aliphatic rings. The average molecular weight is 381 g/mol. The van der Waals surface area contributed by atoms with Crippen molar-refractivity contribution in [2.24, 2.45) is 11.7 Å². The number of pyridine rings is 1. The first kappa shape index (κ1) is 18.6. The molecule has 0 bridgehead atoms. The zero-order valence-electron chi connectivity index (χ0n) is 15.7. The van der Waals surface area contributed by atoms with E-state index in [1.54, 1.807) is 18.2 Å². The van der Waals surface area contributed by atoms with E-state index in [1.807, 2.05) is 6.07 Å². The molecule has 2 saturated carbocycles. The third kappa shape index (κ3) is 4.55. The Hall–Kier alpha value is -2.76. The Labute approximate surface area is 163 Å². The van der Waals surface area contributed by atoms with E-state index in [2.05, 4.69) is 10.3 Å². The number of nitrogens with two attached hydrogens (primary N) is 1. The summed E-state index contributed by atoms with van der Waals surface area (Å²) in [7, 11) is 0. The van der Waals surface area contributed by atoms with E-state index in [0.717, 1.165) is 42.5 Å². The number of carbonyl (C=O) groups is 2. The summed E-state index contributed by atoms with van der Waals surface area (Å²) in [5.41, 5.74) is 8.65. The zero-order chi connectivity index (χ0) is 19.7. The minimum atomic E-state index is -0.662. The van der Waals surface area contributed by atoms with Crippen molar-refractivity contribution >= 4 is 11.8 Å². The molecule has 5 nitrogen and oxygen atoms in total. The molecule has 28 heavy (non-hydrogen) atoms. The van der Waals surface area contributed by atoms with Crippen LogP contribution in [0.15, 0.2) is 36.4 Å². The minimum Gasteiger partial charge on any atom is -0.368 e. The maximum absolute atomic E-state index is 13.2. The van der Waals surface area contributed by atoms with Gasteiger partial charge in [-0.3, -0.25) is 9.59 Å². The van der Waals surface area contributed by atoms with Crippen LogP contribution in [0.25, 0.3) is 0 Å². The highest BCUT2D eigenvalue weighted by Gasteiger charge is 2.30. The van der Waals surface area contributed by atoms with Gasteiger partial charge in [-0.05, 0) is 60.4 Å². The highest BCUT2D eigenvalue weighted by Crippen LogP contribution is 2.41. The molecule has 2 fully saturated rings. The number of aromatic nitrogens is 1. The molecular formula is C22H24FN3O2. The molecule has 1 aromatic carbocycles. The van der Waals surface area contributed by atoms with Crippen LogP contribution in [0.1, 0.15) is 65.3 Å². The lowest BCUT2D eigenvalue weighted by Gasteiger charge is -2.16. The second-order valence-electron chi connectivity index (χ2n) is 7.92. The van der Waals surface area contributed by atoms with E-state index in [4.69, 9.17) is 5.73 Å². The fourth-order valence-corrected chi connectivity index (χ4v) is 3.51. The van der Waals surface area contributed by atoms with Gasteiger partial charge < -0.3 is 11.1 Å². The van der Waals surface area contributed by atoms with Gasteiger partial charge in [0.1, 0.15) is 17.6 Å². The number of carbonyl (C=O) groups excluding carboxylic acids is 2. The molecule has 2 aromatic rings. The molecule has 6 heteroatoms. The third-order valence-corrected chi connectivity index (χ3v) is 5.46. The first-order valence-electron chi connectivity index (χ1n) is 9.84. The zero-order valence-corrected chi connectivity index (χ0v) is 15.7. The van der Waals surface area contributed by atoms with Gasteiger partial charge >= 0.3 is 0 Å². The van der Waals surface area contributed by atoms with E-state index in [0.29, 0.717) is 24.7 Å². The molecule has 0 radical (unpaired) electrons. The van der Waals surface area contributed by atoms with Gasteiger partial charge in [0.05, 0.1) is 0 Å². The molecule has 146 valence electrons. The number of nitrogens with zero attached hydrogens (tertiary/aromatic N) is 1. The summed E-state index contributed by atoms with van der Waals surface area (Å²) in [4.78, 5) is 29.0. The second-order valence-corrected chi connectivity index (χ2v) is 7.92. The SMILES string of the molecule is NC(=O)C(CC1CC1)NC(=O)c1ccc(C2CC2)c(Cc2ccc(F)cc2)n1. The van der Waals surface area contributed by atoms with Crippen LogP contribution in [0.5, 0.6) is 0 Å². The Balaban J connectivity index is 1.54. The predicted octanol–water partition coefficient (Wildman–Crippen LogP) is 3.07. The number of hydrogen-bond acceptors (Lipinski definition) is 3. The summed E-state index contributed by atoms with van der Waals surface area (Å²) < 4.78 is 13.2. The van der Waals surface area contributed by atoms with Gasteiger partial charge in [0.15, 0.2) is 0 Å². The van der Waals surface area contributed by atoms with Gasteiger partial charge in [-0.15, -0.1) is 0 Å². The van der Waals surface area contributed by atoms with Gasteiger partial charge in [0.25, 0.3) is 5.91 Å². The van der Waals surface area contributed by atoms with E-state index in [9.17, 15) is 14.0 Å². The smallest absolute Gasteiger partial charge is 0.270 e. The molecule has 1 atom stereocenters. The molecule has 1 aromatic heterocycles. The van der Waals surface area contributed by atoms with Crippen LogP contribution in [0, 0.1) is 11.7 Å². The Morgan fingerprint density at radius 2 is 1.82 bits per heavy atom. The molecule has 1 unspecified atom stereocenters. The first-order valence-corrected chi connectivity index (χ1v) is 9.84. The summed E-state index contributed by atoms with van der Waals surface area (Å²) in [5, 5.41) is 2.74. The summed E-state index contributed by atoms with van der Waals surface area (Å²) in [6.07, 6.45) is 5.52. The average Bonchev–Trinajstić information content (AvgIpc) is 3.57. The van der Waals surface area contributed by atoms with Crippen LogP contribution < -0.4 is 11.1 Å². The lowest BCUT2D eigenvalue weighted by Crippen LogP contribution is -2.45. The minimum absolute atomic E-state index is 0.277. The van der Waals surface area contributed by atoms with Gasteiger partial charge in [-0.2, -0.15) is 0 Å². The number of benzene rings is 1. The van der Waals surface area contributed by atoms with Crippen LogP contribution in [0.3, 0.4) is 0 Å². The van der Waals surface area contributed by atoms with Crippen LogP contribution in [0.2, 0.25) is 0 Å². The van der Waals surface area contributed by atoms with Gasteiger partial charge in [-0.25, -0.2) is 9.37 Å². The largest absolute Gasteiger partial charge is 0.368 e. The Kier molecular flexibility index (Phi) is 5.11. The molecule has 2 amide bonds. The Bertz CT molecular complexity index is 889. The van der Waals surface area contributed by atoms with E-state index < -0.39 is 11.9 Å². The van der Waals surface area contributed by atoms with Crippen LogP contribution in [-0.2, 0) is 11.2 Å². The topological polar surface area (TPSA) is 85.1 Å². The van der Waals surface area contributed by atoms with Crippen LogP contribution in [-0.4, -0.2) is 22.8 Å². The quantitative estimate of drug-likeness (QED) is 0.737. The van der Waals surface area contributed by atoms with Crippen molar-refractivity contribution in [3.63, 3.8) is 0 Å². The van der Waals surface area contributed by atoms with E-state index in [1.165, 1.54) is 12.1 Å². The fraction of sp³-hybridized carbons (Fsp3) is 0.409. The number of amides is 2. The Morgan fingerprint density at radius 1 is 1.11 bits per heavy atom. The fourth-order valence-electron chi connectivity index (χ4n) is 3.51. The summed E-state index contributed by atoms with van der Waals surface area (Å²) in [6, 6.07) is 9.34. The van der Waals surface area contributed by atoms with Crippen molar-refractivity contribution in [2.45, 2.75) is 50.5 Å². The van der Waals surface area contributed by atoms with E-state index >= 15 is 0 Å². The standard InChI is InChI=1S/C22H24FN3O2/c23-16-7-3-14(4-8-16)11-19-17(15-5-6-15)9-10-18(25-19)22(28)26-20(21(24)27)12-13-1-2-13/h3-4,7-10,13,15,20H,1-2,5-6,11-12H2,(H2,24,27)(H,26,28). The number of rotatable bonds is 8. The first-order chi connectivity index (χ1) is 13.5. The molecule has 0 spiro atoms. The number of halogens is 1. The van der Waals surface area contributed by atoms with Crippen molar-refractivity contribution in [3.8, 4) is 0 Å². The maximum atomic E-state index is 13.2. The van der Waals surface area contributed by atoms with Crippen molar-refractivity contribution in [2.75, 3.05) is 0 Å². The number of nitrogens with one attached hydrogen (secondary N) is 1. The van der Waals surface area contributed by atoms with Crippen molar-refractivity contribution in [1.82, 2.24) is 10.3 Å². The van der Waals surface area contributed by atoms with Gasteiger partial charge in [0.2, 0.25) is 5.91 Å². The third-order valence-electron chi connectivity index (χ3n) is 5.46. The van der Waals surface area contributed by atoms with Gasteiger partial charge in [0, 0.05) is 12.1 Å². The maximum Gasteiger partial charge on any atom is 0.270 e.